The summed E-state index contributed by atoms with van der Waals surface area (Å²) in [4.78, 5) is 46.8. The fourth-order valence-corrected chi connectivity index (χ4v) is 5.05. The number of hydrogen-bond acceptors (Lipinski definition) is 6. The quantitative estimate of drug-likeness (QED) is 0.296. The average molecular weight is 589 g/mol. The molecule has 43 heavy (non-hydrogen) atoms. The summed E-state index contributed by atoms with van der Waals surface area (Å²) < 4.78 is 7.67. The van der Waals surface area contributed by atoms with Crippen LogP contribution in [0.1, 0.15) is 63.5 Å². The number of likely N-dealkylation sites (tertiary alicyclic amines) is 1. The highest BCUT2D eigenvalue weighted by molar-refractivity contribution is 5.98. The molecule has 0 radical (unpaired) electrons. The number of nitrogens with two attached hydrogens (primary N) is 1. The molecule has 1 fully saturated rings. The van der Waals surface area contributed by atoms with Crippen molar-refractivity contribution in [2.24, 2.45) is 11.7 Å². The number of amides is 3. The number of nitrogens with one attached hydrogen (secondary N) is 2. The van der Waals surface area contributed by atoms with Crippen LogP contribution in [-0.2, 0) is 32.1 Å². The number of benzene rings is 2. The molecule has 1 saturated heterocycles. The highest BCUT2D eigenvalue weighted by Gasteiger charge is 2.32. The van der Waals surface area contributed by atoms with Crippen molar-refractivity contribution >= 4 is 23.5 Å². The van der Waals surface area contributed by atoms with Crippen LogP contribution in [0.4, 0.5) is 5.82 Å². The minimum Gasteiger partial charge on any atom is -0.374 e. The molecule has 0 aliphatic carbocycles. The molecule has 10 heteroatoms. The van der Waals surface area contributed by atoms with Gasteiger partial charge in [0.1, 0.15) is 17.9 Å². The monoisotopic (exact) mass is 588 g/mol. The van der Waals surface area contributed by atoms with Gasteiger partial charge in [-0.1, -0.05) is 74.5 Å². The van der Waals surface area contributed by atoms with Gasteiger partial charge in [0.2, 0.25) is 11.8 Å². The molecule has 2 unspecified atom stereocenters. The molecule has 0 saturated carbocycles. The molecule has 4 rings (SSSR count). The SMILES string of the molecule is CCc1nc(NC(=O)C(COCc2ccccc2)NC(=O)C(C)(C)N)cn1C(C(=O)N1CCC(C)CC1)c1ccccc1. The number of carbonyl (C=O) groups is 3. The number of aromatic nitrogens is 2. The van der Waals surface area contributed by atoms with E-state index in [1.165, 1.54) is 0 Å². The standard InChI is InChI=1S/C33H44N6O4/c1-5-28-36-27(20-39(28)29(25-14-10-7-11-15-25)31(41)38-18-16-23(2)17-19-38)37-30(40)26(35-32(42)33(3,4)34)22-43-21-24-12-8-6-9-13-24/h6-15,20,23,26,29H,5,16-19,21-22,34H2,1-4H3,(H,35,42)(H,37,40). The van der Waals surface area contributed by atoms with Gasteiger partial charge >= 0.3 is 0 Å². The Labute approximate surface area is 254 Å². The van der Waals surface area contributed by atoms with Gasteiger partial charge in [-0.3, -0.25) is 14.4 Å². The lowest BCUT2D eigenvalue weighted by Gasteiger charge is -2.34. The van der Waals surface area contributed by atoms with Gasteiger partial charge in [0, 0.05) is 25.7 Å². The van der Waals surface area contributed by atoms with E-state index in [1.807, 2.05) is 77.1 Å². The van der Waals surface area contributed by atoms with E-state index < -0.39 is 29.4 Å². The van der Waals surface area contributed by atoms with E-state index in [0.29, 0.717) is 31.3 Å². The zero-order valence-corrected chi connectivity index (χ0v) is 25.6. The van der Waals surface area contributed by atoms with Gasteiger partial charge in [0.15, 0.2) is 5.82 Å². The van der Waals surface area contributed by atoms with E-state index in [2.05, 4.69) is 22.5 Å². The average Bonchev–Trinajstić information content (AvgIpc) is 3.39. The minimum absolute atomic E-state index is 0.00713. The van der Waals surface area contributed by atoms with E-state index in [9.17, 15) is 14.4 Å². The van der Waals surface area contributed by atoms with E-state index in [0.717, 1.165) is 24.0 Å². The maximum Gasteiger partial charge on any atom is 0.250 e. The molecule has 2 atom stereocenters. The van der Waals surface area contributed by atoms with E-state index >= 15 is 0 Å². The lowest BCUT2D eigenvalue weighted by molar-refractivity contribution is -0.135. The van der Waals surface area contributed by atoms with E-state index in [-0.39, 0.29) is 24.9 Å². The molecule has 4 N–H and O–H groups in total. The normalized spacial score (nSPS) is 15.5. The van der Waals surface area contributed by atoms with Crippen LogP contribution in [-0.4, -0.2) is 63.4 Å². The van der Waals surface area contributed by atoms with Crippen molar-refractivity contribution in [1.29, 1.82) is 0 Å². The van der Waals surface area contributed by atoms with Gasteiger partial charge in [-0.05, 0) is 43.7 Å². The fourth-order valence-electron chi connectivity index (χ4n) is 5.05. The van der Waals surface area contributed by atoms with Crippen molar-refractivity contribution in [3.63, 3.8) is 0 Å². The Morgan fingerprint density at radius 1 is 1.05 bits per heavy atom. The molecule has 0 bridgehead atoms. The number of anilines is 1. The van der Waals surface area contributed by atoms with Crippen LogP contribution in [0.2, 0.25) is 0 Å². The number of hydrogen-bond donors (Lipinski definition) is 3. The molecule has 0 spiro atoms. The Kier molecular flexibility index (Phi) is 10.7. The molecule has 1 aromatic heterocycles. The molecule has 3 aromatic rings. The second-order valence-electron chi connectivity index (χ2n) is 11.9. The first kappa shape index (κ1) is 31.9. The zero-order chi connectivity index (χ0) is 31.0. The molecule has 2 heterocycles. The second kappa shape index (κ2) is 14.4. The third kappa shape index (κ3) is 8.52. The molecule has 3 amide bonds. The van der Waals surface area contributed by atoms with Gasteiger partial charge in [-0.25, -0.2) is 4.98 Å². The number of imidazole rings is 1. The minimum atomic E-state index is -1.19. The Balaban J connectivity index is 1.56. The van der Waals surface area contributed by atoms with E-state index in [1.54, 1.807) is 20.0 Å². The summed E-state index contributed by atoms with van der Waals surface area (Å²) in [7, 11) is 0. The molecule has 1 aliphatic rings. The summed E-state index contributed by atoms with van der Waals surface area (Å²) in [5, 5.41) is 5.56. The number of rotatable bonds is 12. The Hall–Kier alpha value is -4.02. The molecule has 10 nitrogen and oxygen atoms in total. The highest BCUT2D eigenvalue weighted by Crippen LogP contribution is 2.27. The molecule has 2 aromatic carbocycles. The molecular weight excluding hydrogens is 544 g/mol. The third-order valence-corrected chi connectivity index (χ3v) is 7.70. The van der Waals surface area contributed by atoms with Gasteiger partial charge < -0.3 is 30.6 Å². The summed E-state index contributed by atoms with van der Waals surface area (Å²) in [5.41, 5.74) is 6.59. The maximum atomic E-state index is 14.0. The summed E-state index contributed by atoms with van der Waals surface area (Å²) >= 11 is 0. The summed E-state index contributed by atoms with van der Waals surface area (Å²) in [6.45, 7) is 8.95. The van der Waals surface area contributed by atoms with Crippen LogP contribution in [0.15, 0.2) is 66.9 Å². The first-order valence-corrected chi connectivity index (χ1v) is 15.0. The van der Waals surface area contributed by atoms with Crippen molar-refractivity contribution in [1.82, 2.24) is 19.8 Å². The third-order valence-electron chi connectivity index (χ3n) is 7.70. The van der Waals surface area contributed by atoms with Crippen molar-refractivity contribution in [2.75, 3.05) is 25.0 Å². The Bertz CT molecular complexity index is 1360. The van der Waals surface area contributed by atoms with Gasteiger partial charge in [0.05, 0.1) is 18.8 Å². The number of ether oxygens (including phenoxy) is 1. The largest absolute Gasteiger partial charge is 0.374 e. The van der Waals surface area contributed by atoms with Crippen LogP contribution >= 0.6 is 0 Å². The lowest BCUT2D eigenvalue weighted by Crippen LogP contribution is -2.56. The predicted molar refractivity (Wildman–Crippen MR) is 166 cm³/mol. The van der Waals surface area contributed by atoms with Crippen molar-refractivity contribution < 1.29 is 19.1 Å². The summed E-state index contributed by atoms with van der Waals surface area (Å²) in [6.07, 6.45) is 4.19. The zero-order valence-electron chi connectivity index (χ0n) is 25.6. The topological polar surface area (TPSA) is 132 Å². The smallest absolute Gasteiger partial charge is 0.250 e. The molecule has 1 aliphatic heterocycles. The number of aryl methyl sites for hydroxylation is 1. The van der Waals surface area contributed by atoms with Gasteiger partial charge in [-0.15, -0.1) is 0 Å². The van der Waals surface area contributed by atoms with Crippen molar-refractivity contribution in [3.05, 3.63) is 83.8 Å². The van der Waals surface area contributed by atoms with Crippen LogP contribution in [0.5, 0.6) is 0 Å². The summed E-state index contributed by atoms with van der Waals surface area (Å²) in [6, 6.07) is 17.6. The fraction of sp³-hybridized carbons (Fsp3) is 0.455. The van der Waals surface area contributed by atoms with Crippen molar-refractivity contribution in [2.45, 2.75) is 71.2 Å². The Morgan fingerprint density at radius 3 is 2.28 bits per heavy atom. The maximum absolute atomic E-state index is 14.0. The van der Waals surface area contributed by atoms with Gasteiger partial charge in [0.25, 0.3) is 5.91 Å². The van der Waals surface area contributed by atoms with Crippen LogP contribution in [0.3, 0.4) is 0 Å². The number of carbonyl (C=O) groups excluding carboxylic acids is 3. The first-order valence-electron chi connectivity index (χ1n) is 15.0. The predicted octanol–water partition coefficient (Wildman–Crippen LogP) is 3.67. The van der Waals surface area contributed by atoms with Crippen molar-refractivity contribution in [3.8, 4) is 0 Å². The summed E-state index contributed by atoms with van der Waals surface area (Å²) in [5.74, 6) is 0.569. The molecule has 230 valence electrons. The highest BCUT2D eigenvalue weighted by atomic mass is 16.5. The second-order valence-corrected chi connectivity index (χ2v) is 11.9. The number of piperidine rings is 1. The van der Waals surface area contributed by atoms with Gasteiger partial charge in [-0.2, -0.15) is 0 Å². The Morgan fingerprint density at radius 2 is 1.67 bits per heavy atom. The number of nitrogens with zero attached hydrogens (tertiary/aromatic N) is 3. The van der Waals surface area contributed by atoms with Crippen LogP contribution in [0.25, 0.3) is 0 Å². The molecular formula is C33H44N6O4. The van der Waals surface area contributed by atoms with Crippen LogP contribution < -0.4 is 16.4 Å². The van der Waals surface area contributed by atoms with Crippen LogP contribution in [0, 0.1) is 5.92 Å². The lowest BCUT2D eigenvalue weighted by atomic mass is 9.97. The first-order chi connectivity index (χ1) is 20.6. The van der Waals surface area contributed by atoms with E-state index in [4.69, 9.17) is 10.5 Å².